The standard InChI is InChI=1S/C25H25N5O2/c31-24(20-8-3-1-4-9-20)29-16-7-17-30(19-18-29)25(32)26-21-12-14-23(15-13-21)28-27-22-10-5-2-6-11-22/h1-6,8-15H,7,16-19H2,(H,26,32). The van der Waals surface area contributed by atoms with Gasteiger partial charge in [0.2, 0.25) is 0 Å². The van der Waals surface area contributed by atoms with Crippen molar-refractivity contribution in [3.63, 3.8) is 0 Å². The van der Waals surface area contributed by atoms with Crippen LogP contribution < -0.4 is 5.32 Å². The molecule has 162 valence electrons. The maximum atomic E-state index is 12.7. The molecule has 4 rings (SSSR count). The summed E-state index contributed by atoms with van der Waals surface area (Å²) >= 11 is 0. The number of amides is 3. The second kappa shape index (κ2) is 10.3. The first-order valence-electron chi connectivity index (χ1n) is 10.7. The quantitative estimate of drug-likeness (QED) is 0.560. The van der Waals surface area contributed by atoms with E-state index in [1.165, 1.54) is 0 Å². The zero-order valence-electron chi connectivity index (χ0n) is 17.7. The number of carbonyl (C=O) groups is 2. The Morgan fingerprint density at radius 2 is 1.22 bits per heavy atom. The van der Waals surface area contributed by atoms with Gasteiger partial charge in [0.15, 0.2) is 0 Å². The lowest BCUT2D eigenvalue weighted by Crippen LogP contribution is -2.39. The maximum absolute atomic E-state index is 12.7. The van der Waals surface area contributed by atoms with Crippen LogP contribution in [0.25, 0.3) is 0 Å². The van der Waals surface area contributed by atoms with Gasteiger partial charge in [-0.25, -0.2) is 4.79 Å². The number of urea groups is 1. The van der Waals surface area contributed by atoms with Crippen LogP contribution in [0.4, 0.5) is 21.9 Å². The van der Waals surface area contributed by atoms with Crippen LogP contribution in [0.15, 0.2) is 95.2 Å². The van der Waals surface area contributed by atoms with Crippen molar-refractivity contribution in [2.75, 3.05) is 31.5 Å². The lowest BCUT2D eigenvalue weighted by atomic mass is 10.2. The van der Waals surface area contributed by atoms with Gasteiger partial charge in [0.1, 0.15) is 0 Å². The van der Waals surface area contributed by atoms with E-state index in [0.29, 0.717) is 43.1 Å². The van der Waals surface area contributed by atoms with Crippen LogP contribution in [0.5, 0.6) is 0 Å². The van der Waals surface area contributed by atoms with Gasteiger partial charge in [-0.15, -0.1) is 0 Å². The van der Waals surface area contributed by atoms with Crippen molar-refractivity contribution >= 4 is 29.0 Å². The molecule has 1 N–H and O–H groups in total. The summed E-state index contributed by atoms with van der Waals surface area (Å²) in [6, 6.07) is 25.8. The van der Waals surface area contributed by atoms with Crippen molar-refractivity contribution in [3.8, 4) is 0 Å². The van der Waals surface area contributed by atoms with E-state index in [4.69, 9.17) is 0 Å². The molecule has 0 unspecified atom stereocenters. The Hall–Kier alpha value is -4.00. The van der Waals surface area contributed by atoms with Crippen molar-refractivity contribution in [1.82, 2.24) is 9.80 Å². The molecule has 1 heterocycles. The molecular weight excluding hydrogens is 402 g/mol. The third-order valence-electron chi connectivity index (χ3n) is 5.25. The molecule has 0 bridgehead atoms. The molecule has 0 radical (unpaired) electrons. The summed E-state index contributed by atoms with van der Waals surface area (Å²) in [5, 5.41) is 11.3. The molecule has 0 saturated carbocycles. The second-order valence-electron chi connectivity index (χ2n) is 7.51. The van der Waals surface area contributed by atoms with Crippen LogP contribution in [0.3, 0.4) is 0 Å². The monoisotopic (exact) mass is 427 g/mol. The van der Waals surface area contributed by atoms with Crippen molar-refractivity contribution in [1.29, 1.82) is 0 Å². The summed E-state index contributed by atoms with van der Waals surface area (Å²) in [4.78, 5) is 29.0. The lowest BCUT2D eigenvalue weighted by Gasteiger charge is -2.22. The number of azo groups is 1. The number of nitrogens with one attached hydrogen (secondary N) is 1. The van der Waals surface area contributed by atoms with Gasteiger partial charge in [-0.1, -0.05) is 36.4 Å². The van der Waals surface area contributed by atoms with Gasteiger partial charge in [0.05, 0.1) is 11.4 Å². The van der Waals surface area contributed by atoms with E-state index < -0.39 is 0 Å². The molecule has 0 spiro atoms. The zero-order chi connectivity index (χ0) is 22.2. The van der Waals surface area contributed by atoms with E-state index in [-0.39, 0.29) is 11.9 Å². The summed E-state index contributed by atoms with van der Waals surface area (Å²) in [6.07, 6.45) is 0.741. The Morgan fingerprint density at radius 3 is 1.91 bits per heavy atom. The summed E-state index contributed by atoms with van der Waals surface area (Å²) in [7, 11) is 0. The van der Waals surface area contributed by atoms with Crippen LogP contribution in [0.1, 0.15) is 16.8 Å². The van der Waals surface area contributed by atoms with E-state index >= 15 is 0 Å². The van der Waals surface area contributed by atoms with Gasteiger partial charge in [0.25, 0.3) is 5.91 Å². The highest BCUT2D eigenvalue weighted by molar-refractivity contribution is 5.94. The molecule has 1 fully saturated rings. The van der Waals surface area contributed by atoms with Crippen LogP contribution in [0.2, 0.25) is 0 Å². The molecule has 1 saturated heterocycles. The maximum Gasteiger partial charge on any atom is 0.321 e. The Bertz CT molecular complexity index is 1070. The van der Waals surface area contributed by atoms with Crippen molar-refractivity contribution < 1.29 is 9.59 Å². The van der Waals surface area contributed by atoms with Gasteiger partial charge >= 0.3 is 6.03 Å². The third kappa shape index (κ3) is 5.57. The largest absolute Gasteiger partial charge is 0.337 e. The fourth-order valence-electron chi connectivity index (χ4n) is 3.51. The molecule has 0 aromatic heterocycles. The zero-order valence-corrected chi connectivity index (χ0v) is 17.7. The number of hydrogen-bond donors (Lipinski definition) is 1. The first-order valence-corrected chi connectivity index (χ1v) is 10.7. The molecule has 0 aliphatic carbocycles. The average molecular weight is 428 g/mol. The number of anilines is 1. The normalized spacial score (nSPS) is 14.2. The van der Waals surface area contributed by atoms with E-state index in [9.17, 15) is 9.59 Å². The number of rotatable bonds is 4. The van der Waals surface area contributed by atoms with E-state index in [2.05, 4.69) is 15.5 Å². The molecule has 3 aromatic rings. The molecule has 7 heteroatoms. The molecular formula is C25H25N5O2. The third-order valence-corrected chi connectivity index (χ3v) is 5.25. The topological polar surface area (TPSA) is 77.4 Å². The lowest BCUT2D eigenvalue weighted by molar-refractivity contribution is 0.0762. The Labute approximate surface area is 187 Å². The molecule has 3 amide bonds. The highest BCUT2D eigenvalue weighted by Gasteiger charge is 2.22. The summed E-state index contributed by atoms with van der Waals surface area (Å²) in [6.45, 7) is 2.25. The van der Waals surface area contributed by atoms with E-state index in [1.54, 1.807) is 17.0 Å². The molecule has 1 aliphatic rings. The smallest absolute Gasteiger partial charge is 0.321 e. The van der Waals surface area contributed by atoms with Gasteiger partial charge in [-0.2, -0.15) is 10.2 Å². The van der Waals surface area contributed by atoms with Gasteiger partial charge in [-0.05, 0) is 55.0 Å². The minimum Gasteiger partial charge on any atom is -0.337 e. The number of benzene rings is 3. The minimum atomic E-state index is -0.169. The first-order chi connectivity index (χ1) is 15.7. The van der Waals surface area contributed by atoms with Crippen molar-refractivity contribution in [2.45, 2.75) is 6.42 Å². The Morgan fingerprint density at radius 1 is 0.656 bits per heavy atom. The molecule has 32 heavy (non-hydrogen) atoms. The van der Waals surface area contributed by atoms with Crippen molar-refractivity contribution in [3.05, 3.63) is 90.5 Å². The molecule has 0 atom stereocenters. The van der Waals surface area contributed by atoms with E-state index in [0.717, 1.165) is 12.1 Å². The van der Waals surface area contributed by atoms with Gasteiger partial charge < -0.3 is 15.1 Å². The summed E-state index contributed by atoms with van der Waals surface area (Å²) in [5.41, 5.74) is 2.85. The van der Waals surface area contributed by atoms with Crippen LogP contribution >= 0.6 is 0 Å². The van der Waals surface area contributed by atoms with Crippen molar-refractivity contribution in [2.24, 2.45) is 10.2 Å². The average Bonchev–Trinajstić information content (AvgIpc) is 3.11. The number of nitrogens with zero attached hydrogens (tertiary/aromatic N) is 4. The van der Waals surface area contributed by atoms with E-state index in [1.807, 2.05) is 77.7 Å². The molecule has 7 nitrogen and oxygen atoms in total. The highest BCUT2D eigenvalue weighted by atomic mass is 16.2. The Balaban J connectivity index is 1.31. The second-order valence-corrected chi connectivity index (χ2v) is 7.51. The number of carbonyl (C=O) groups excluding carboxylic acids is 2. The van der Waals surface area contributed by atoms with Crippen LogP contribution in [0, 0.1) is 0 Å². The molecule has 3 aromatic carbocycles. The van der Waals surface area contributed by atoms with Crippen LogP contribution in [-0.2, 0) is 0 Å². The van der Waals surface area contributed by atoms with Gasteiger partial charge in [-0.3, -0.25) is 4.79 Å². The predicted octanol–water partition coefficient (Wildman–Crippen LogP) is 5.48. The fourth-order valence-corrected chi connectivity index (χ4v) is 3.51. The van der Waals surface area contributed by atoms with Gasteiger partial charge in [0, 0.05) is 37.4 Å². The SMILES string of the molecule is O=C(Nc1ccc(N=Nc2ccccc2)cc1)N1CCCN(C(=O)c2ccccc2)CC1. The predicted molar refractivity (Wildman–Crippen MR) is 125 cm³/mol. The summed E-state index contributed by atoms with van der Waals surface area (Å²) < 4.78 is 0. The number of hydrogen-bond acceptors (Lipinski definition) is 4. The summed E-state index contributed by atoms with van der Waals surface area (Å²) in [5.74, 6) is 0.00751. The minimum absolute atomic E-state index is 0.00751. The highest BCUT2D eigenvalue weighted by Crippen LogP contribution is 2.20. The molecule has 1 aliphatic heterocycles. The first kappa shape index (κ1) is 21.2. The van der Waals surface area contributed by atoms with Crippen LogP contribution in [-0.4, -0.2) is 47.9 Å². The fraction of sp³-hybridized carbons (Fsp3) is 0.200. The Kier molecular flexibility index (Phi) is 6.87.